The lowest BCUT2D eigenvalue weighted by Gasteiger charge is -2.16. The SMILES string of the molecule is COc1ccc2c(c1)C(c1ccc(Cl)cc1)=NC(CC(=O)Nc1ccc(OCCOCCOCCOCCOCCOCCC(=O)NCCCN(C)CCCNC(=O)CCNC(=O)c3nc(NC(=O)CCNC(=O)c4c(-c5c(NC(=O)CCNC(=O)c6cc(NC(=O)c7nccn7C)cn6C)nc(C(N)=O)n5C)ccn4C)cn3C)cc1)c1nnc(C)n1-2. The number of imidazole rings is 3. The first kappa shape index (κ1) is 92.3. The van der Waals surface area contributed by atoms with Crippen LogP contribution in [0.1, 0.15) is 127 Å². The van der Waals surface area contributed by atoms with Gasteiger partial charge in [-0.15, -0.1) is 10.2 Å². The molecule has 9 aromatic rings. The fourth-order valence-corrected chi connectivity index (χ4v) is 13.1. The van der Waals surface area contributed by atoms with E-state index in [1.165, 1.54) is 43.8 Å². The van der Waals surface area contributed by atoms with Crippen molar-refractivity contribution in [3.05, 3.63) is 167 Å². The summed E-state index contributed by atoms with van der Waals surface area (Å²) < 4.78 is 48.6. The second-order valence-corrected chi connectivity index (χ2v) is 28.9. The molecule has 1 atom stereocenters. The number of carbonyl (C=O) groups is 10. The number of hydrogen-bond acceptors (Lipinski definition) is 24. The molecule has 0 aliphatic carbocycles. The number of hydrogen-bond donors (Lipinski definition) is 10. The zero-order valence-electron chi connectivity index (χ0n) is 69.9. The number of carbonyl (C=O) groups excluding carboxylic acids is 10. The summed E-state index contributed by atoms with van der Waals surface area (Å²) in [5.41, 5.74) is 10.4. The molecule has 3 aromatic carbocycles. The van der Waals surface area contributed by atoms with Gasteiger partial charge in [0.2, 0.25) is 41.2 Å². The van der Waals surface area contributed by atoms with Crippen molar-refractivity contribution in [3.63, 3.8) is 0 Å². The van der Waals surface area contributed by atoms with Crippen molar-refractivity contribution in [3.8, 4) is 28.4 Å². The molecule has 0 fully saturated rings. The lowest BCUT2D eigenvalue weighted by atomic mass is 10.00. The largest absolute Gasteiger partial charge is 0.497 e. The number of amides is 10. The Bertz CT molecular complexity index is 5180. The van der Waals surface area contributed by atoms with E-state index in [2.05, 4.69) is 77.9 Å². The normalized spacial score (nSPS) is 12.2. The smallest absolute Gasteiger partial charge is 0.291 e. The van der Waals surface area contributed by atoms with Crippen LogP contribution < -0.4 is 63.1 Å². The molecule has 1 aliphatic rings. The first-order valence-corrected chi connectivity index (χ1v) is 40.2. The molecular weight excluding hydrogens is 1610 g/mol. The molecule has 41 heteroatoms. The molecule has 0 saturated carbocycles. The van der Waals surface area contributed by atoms with Crippen molar-refractivity contribution in [2.75, 3.05) is 154 Å². The predicted molar refractivity (Wildman–Crippen MR) is 453 cm³/mol. The molecule has 0 bridgehead atoms. The predicted octanol–water partition coefficient (Wildman–Crippen LogP) is 4.19. The van der Waals surface area contributed by atoms with Gasteiger partial charge in [0.1, 0.15) is 41.4 Å². The van der Waals surface area contributed by atoms with E-state index in [0.717, 1.165) is 29.8 Å². The van der Waals surface area contributed by atoms with Crippen LogP contribution in [0.3, 0.4) is 0 Å². The Labute approximate surface area is 714 Å². The summed E-state index contributed by atoms with van der Waals surface area (Å²) in [7, 11) is 11.5. The fourth-order valence-electron chi connectivity index (χ4n) is 13.0. The average Bonchev–Trinajstić information content (AvgIpc) is 1.61. The maximum Gasteiger partial charge on any atom is 0.291 e. The van der Waals surface area contributed by atoms with E-state index in [-0.39, 0.29) is 128 Å². The first-order chi connectivity index (χ1) is 59.3. The molecule has 656 valence electrons. The number of benzene rings is 3. The highest BCUT2D eigenvalue weighted by atomic mass is 35.5. The second kappa shape index (κ2) is 46.1. The average molecular weight is 1720 g/mol. The second-order valence-electron chi connectivity index (χ2n) is 28.4. The highest BCUT2D eigenvalue weighted by molar-refractivity contribution is 6.30. The number of primary amides is 1. The number of rotatable bonds is 50. The van der Waals surface area contributed by atoms with Crippen LogP contribution in [0.25, 0.3) is 16.9 Å². The highest BCUT2D eigenvalue weighted by Gasteiger charge is 2.32. The summed E-state index contributed by atoms with van der Waals surface area (Å²) >= 11 is 6.25. The van der Waals surface area contributed by atoms with Gasteiger partial charge >= 0.3 is 0 Å². The molecule has 0 spiro atoms. The minimum atomic E-state index is -0.915. The maximum atomic E-state index is 13.8. The molecular formula is C82H104ClN23O17. The van der Waals surface area contributed by atoms with E-state index in [9.17, 15) is 47.9 Å². The molecule has 40 nitrogen and oxygen atoms in total. The minimum Gasteiger partial charge on any atom is -0.497 e. The molecule has 1 unspecified atom stereocenters. The molecule has 123 heavy (non-hydrogen) atoms. The standard InChI is InChI=1S/C82H104ClN23O17/c1-52-98-99-75-61(93-70(53-11-13-54(83)14-12-53)60-48-58(117-8)19-20-62(60)106(52)75)49-69(111)91-55-15-17-57(18-16-55)123-46-45-122-44-43-121-42-41-120-40-39-119-38-37-118-36-25-66(108)86-27-10-33-100(2)32-9-26-85-65(107)21-28-90-81(115)78-95-64(51-104(78)6)94-67(109)22-30-89-80(114)72-59(24-34-101(72)3)71-74(97-76(73(84)112)105(71)7)96-68(110)23-29-88-79(113)63-47-56(50-103(63)5)92-82(116)77-87-31-35-102(77)4/h11-20,24,31,34-35,47-48,50-51,61H,9-10,21-23,25-30,32-33,36-46,49H2,1-8H3,(H2,84,112)(H,85,107)(H,86,108)(H,88,113)(H,89,114)(H,90,115)(H,91,111)(H,92,116)(H,94,109)(H,96,110). The van der Waals surface area contributed by atoms with Gasteiger partial charge in [0.15, 0.2) is 23.3 Å². The summed E-state index contributed by atoms with van der Waals surface area (Å²) in [6.45, 7) is 7.92. The zero-order chi connectivity index (χ0) is 87.9. The Kier molecular flexibility index (Phi) is 34.6. The van der Waals surface area contributed by atoms with Gasteiger partial charge in [-0.2, -0.15) is 0 Å². The van der Waals surface area contributed by atoms with Gasteiger partial charge in [-0.3, -0.25) is 57.5 Å². The highest BCUT2D eigenvalue weighted by Crippen LogP contribution is 2.36. The first-order valence-electron chi connectivity index (χ1n) is 39.9. The number of halogens is 1. The molecule has 11 N–H and O–H groups in total. The lowest BCUT2D eigenvalue weighted by Crippen LogP contribution is -2.33. The van der Waals surface area contributed by atoms with E-state index in [1.807, 2.05) is 48.9 Å². The van der Waals surface area contributed by atoms with Crippen LogP contribution in [0.5, 0.6) is 11.5 Å². The third-order valence-corrected chi connectivity index (χ3v) is 19.5. The van der Waals surface area contributed by atoms with E-state index in [1.54, 1.807) is 101 Å². The number of aliphatic imine (C=N–C) groups is 1. The van der Waals surface area contributed by atoms with Crippen LogP contribution in [-0.4, -0.2) is 255 Å². The Morgan fingerprint density at radius 1 is 0.520 bits per heavy atom. The Morgan fingerprint density at radius 3 is 1.76 bits per heavy atom. The van der Waals surface area contributed by atoms with Crippen LogP contribution in [-0.2, 0) is 82.9 Å². The summed E-state index contributed by atoms with van der Waals surface area (Å²) in [4.78, 5) is 150. The van der Waals surface area contributed by atoms with E-state index < -0.39 is 47.4 Å². The summed E-state index contributed by atoms with van der Waals surface area (Å²) in [6, 6.07) is 22.6. The van der Waals surface area contributed by atoms with Crippen molar-refractivity contribution >= 4 is 99.4 Å². The summed E-state index contributed by atoms with van der Waals surface area (Å²) in [5.74, 6) is -2.49. The number of methoxy groups -OCH3 is 1. The number of aromatic nitrogens is 11. The molecule has 0 radical (unpaired) electrons. The topological polar surface area (TPSA) is 479 Å². The van der Waals surface area contributed by atoms with Crippen molar-refractivity contribution in [2.45, 2.75) is 57.9 Å². The lowest BCUT2D eigenvalue weighted by molar-refractivity contribution is -0.122. The Morgan fingerprint density at radius 2 is 1.12 bits per heavy atom. The van der Waals surface area contributed by atoms with E-state index in [4.69, 9.17) is 55.5 Å². The molecule has 10 amide bonds. The third-order valence-electron chi connectivity index (χ3n) is 19.2. The quantitative estimate of drug-likeness (QED) is 0.0239. The zero-order valence-corrected chi connectivity index (χ0v) is 70.6. The number of nitrogens with one attached hydrogen (secondary N) is 9. The summed E-state index contributed by atoms with van der Waals surface area (Å²) in [5, 5.41) is 34.2. The van der Waals surface area contributed by atoms with Crippen molar-refractivity contribution < 1.29 is 81.1 Å². The molecule has 10 rings (SSSR count). The van der Waals surface area contributed by atoms with Gasteiger partial charge in [-0.05, 0) is 107 Å². The van der Waals surface area contributed by atoms with Crippen LogP contribution >= 0.6 is 11.6 Å². The number of anilines is 4. The van der Waals surface area contributed by atoms with Crippen LogP contribution in [0, 0.1) is 6.92 Å². The van der Waals surface area contributed by atoms with Crippen molar-refractivity contribution in [1.29, 1.82) is 0 Å². The molecule has 7 heterocycles. The number of aryl methyl sites for hydroxylation is 5. The molecule has 1 aliphatic heterocycles. The molecule has 6 aromatic heterocycles. The number of nitrogens with zero attached hydrogens (tertiary/aromatic N) is 13. The van der Waals surface area contributed by atoms with E-state index in [0.29, 0.717) is 137 Å². The van der Waals surface area contributed by atoms with Gasteiger partial charge in [-0.25, -0.2) is 15.0 Å². The number of nitrogens with two attached hydrogens (primary N) is 1. The van der Waals surface area contributed by atoms with E-state index >= 15 is 0 Å². The van der Waals surface area contributed by atoms with Crippen LogP contribution in [0.2, 0.25) is 5.02 Å². The maximum absolute atomic E-state index is 13.8. The van der Waals surface area contributed by atoms with Crippen molar-refractivity contribution in [2.24, 2.45) is 46.0 Å². The van der Waals surface area contributed by atoms with Crippen molar-refractivity contribution in [1.82, 2.24) is 84.0 Å². The Hall–Kier alpha value is -13.0. The van der Waals surface area contributed by atoms with Gasteiger partial charge in [0.05, 0.1) is 102 Å². The van der Waals surface area contributed by atoms with Gasteiger partial charge in [0, 0.05) is 152 Å². The third kappa shape index (κ3) is 27.0. The minimum absolute atomic E-state index is 0.000979. The van der Waals surface area contributed by atoms with Crippen LogP contribution in [0.15, 0.2) is 115 Å². The number of ether oxygens (including phenoxy) is 7. The molecule has 0 saturated heterocycles. The summed E-state index contributed by atoms with van der Waals surface area (Å²) in [6.07, 6.45) is 8.87. The van der Waals surface area contributed by atoms with Gasteiger partial charge in [0.25, 0.3) is 29.5 Å². The monoisotopic (exact) mass is 1720 g/mol. The van der Waals surface area contributed by atoms with Crippen LogP contribution in [0.4, 0.5) is 23.0 Å². The fraction of sp³-hybridized carbons (Fsp3) is 0.415. The van der Waals surface area contributed by atoms with Gasteiger partial charge < -0.3 is 114 Å². The van der Waals surface area contributed by atoms with Gasteiger partial charge in [-0.1, -0.05) is 23.7 Å². The number of fused-ring (bicyclic) bond motifs is 3. The Balaban J connectivity index is 0.495.